The molecule has 4 aromatic rings. The van der Waals surface area contributed by atoms with Gasteiger partial charge in [-0.1, -0.05) is 58.1 Å². The number of rotatable bonds is 4. The Balaban J connectivity index is 1.55. The zero-order chi connectivity index (χ0) is 14.8. The zero-order valence-electron chi connectivity index (χ0n) is 11.8. The molecule has 6 heteroatoms. The quantitative estimate of drug-likeness (QED) is 0.590. The predicted octanol–water partition coefficient (Wildman–Crippen LogP) is 2.87. The highest BCUT2D eigenvalue weighted by atomic mass is 32.1. The van der Waals surface area contributed by atoms with E-state index in [9.17, 15) is 0 Å². The zero-order valence-corrected chi connectivity index (χ0v) is 12.6. The van der Waals surface area contributed by atoms with E-state index in [0.717, 1.165) is 22.3 Å². The highest BCUT2D eigenvalue weighted by Gasteiger charge is 2.16. The molecule has 2 aromatic carbocycles. The molecule has 4 rings (SSSR count). The lowest BCUT2D eigenvalue weighted by molar-refractivity contribution is -0.575. The van der Waals surface area contributed by atoms with Crippen molar-refractivity contribution in [3.8, 4) is 0 Å². The maximum absolute atomic E-state index is 4.57. The Bertz CT molecular complexity index is 780. The molecule has 2 heterocycles. The van der Waals surface area contributed by atoms with Gasteiger partial charge in [-0.05, 0) is 29.0 Å². The van der Waals surface area contributed by atoms with E-state index in [-0.39, 0.29) is 0 Å². The van der Waals surface area contributed by atoms with Crippen molar-refractivity contribution in [2.75, 3.05) is 5.32 Å². The average Bonchev–Trinajstić information content (AvgIpc) is 3.07. The van der Waals surface area contributed by atoms with E-state index in [1.54, 1.807) is 4.52 Å². The van der Waals surface area contributed by atoms with Crippen molar-refractivity contribution in [3.05, 3.63) is 72.6 Å². The minimum Gasteiger partial charge on any atom is -0.329 e. The summed E-state index contributed by atoms with van der Waals surface area (Å²) in [6.45, 7) is 0.748. The monoisotopic (exact) mass is 308 g/mol. The molecular formula is C16H14N5S+. The number of nitrogens with zero attached hydrogens (tertiary/aromatic N) is 4. The van der Waals surface area contributed by atoms with E-state index in [4.69, 9.17) is 0 Å². The Morgan fingerprint density at radius 3 is 2.45 bits per heavy atom. The first-order chi connectivity index (χ1) is 10.9. The minimum atomic E-state index is 0.748. The standard InChI is InChI=1S/C16H14N5S/c1-3-7-13(8-4-1)11-20-12-21-16(19-20)22-15(18-21)17-14-9-5-2-6-10-14/h1-10,12H,11H2,(H,17,18)/q+1. The van der Waals surface area contributed by atoms with Gasteiger partial charge in [0, 0.05) is 5.69 Å². The Kier molecular flexibility index (Phi) is 3.29. The first-order valence-corrected chi connectivity index (χ1v) is 7.80. The molecule has 5 nitrogen and oxygen atoms in total. The van der Waals surface area contributed by atoms with Crippen LogP contribution in [0.15, 0.2) is 67.0 Å². The summed E-state index contributed by atoms with van der Waals surface area (Å²) in [5.41, 5.74) is 2.25. The molecule has 0 aliphatic carbocycles. The maximum Gasteiger partial charge on any atom is 0.385 e. The summed E-state index contributed by atoms with van der Waals surface area (Å²) in [6.07, 6.45) is 1.91. The van der Waals surface area contributed by atoms with Gasteiger partial charge in [0.25, 0.3) is 0 Å². The highest BCUT2D eigenvalue weighted by Crippen LogP contribution is 2.19. The lowest BCUT2D eigenvalue weighted by Gasteiger charge is -1.98. The van der Waals surface area contributed by atoms with Gasteiger partial charge in [-0.2, -0.15) is 0 Å². The molecule has 0 radical (unpaired) electrons. The molecule has 0 amide bonds. The van der Waals surface area contributed by atoms with E-state index < -0.39 is 0 Å². The van der Waals surface area contributed by atoms with Crippen LogP contribution in [0, 0.1) is 0 Å². The van der Waals surface area contributed by atoms with E-state index in [1.165, 1.54) is 16.9 Å². The van der Waals surface area contributed by atoms with Gasteiger partial charge in [0.1, 0.15) is 6.54 Å². The predicted molar refractivity (Wildman–Crippen MR) is 86.3 cm³/mol. The Morgan fingerprint density at radius 2 is 1.73 bits per heavy atom. The Morgan fingerprint density at radius 1 is 1.00 bits per heavy atom. The number of nitrogens with one attached hydrogen (secondary N) is 1. The van der Waals surface area contributed by atoms with Crippen LogP contribution in [0.4, 0.5) is 10.8 Å². The summed E-state index contributed by atoms with van der Waals surface area (Å²) < 4.78 is 3.71. The largest absolute Gasteiger partial charge is 0.385 e. The van der Waals surface area contributed by atoms with Crippen LogP contribution in [0.2, 0.25) is 0 Å². The van der Waals surface area contributed by atoms with Gasteiger partial charge < -0.3 is 5.32 Å². The summed E-state index contributed by atoms with van der Waals surface area (Å²) in [5, 5.41) is 13.2. The van der Waals surface area contributed by atoms with Crippen LogP contribution in [-0.2, 0) is 6.54 Å². The number of aromatic nitrogens is 4. The molecule has 2 aromatic heterocycles. The second kappa shape index (κ2) is 5.57. The van der Waals surface area contributed by atoms with Gasteiger partial charge in [-0.15, -0.1) is 4.68 Å². The van der Waals surface area contributed by atoms with Crippen molar-refractivity contribution in [1.29, 1.82) is 0 Å². The van der Waals surface area contributed by atoms with Crippen LogP contribution in [0.3, 0.4) is 0 Å². The van der Waals surface area contributed by atoms with Gasteiger partial charge in [-0.3, -0.25) is 0 Å². The Hall–Kier alpha value is -2.73. The first kappa shape index (κ1) is 13.0. The topological polar surface area (TPSA) is 46.8 Å². The molecule has 0 saturated heterocycles. The summed E-state index contributed by atoms with van der Waals surface area (Å²) in [7, 11) is 0. The van der Waals surface area contributed by atoms with Crippen LogP contribution in [0.1, 0.15) is 5.56 Å². The summed E-state index contributed by atoms with van der Waals surface area (Å²) >= 11 is 1.53. The lowest BCUT2D eigenvalue weighted by Crippen LogP contribution is -2.20. The van der Waals surface area contributed by atoms with Crippen molar-refractivity contribution in [2.45, 2.75) is 6.54 Å². The second-order valence-corrected chi connectivity index (χ2v) is 5.88. The third-order valence-electron chi connectivity index (χ3n) is 3.25. The maximum atomic E-state index is 4.57. The molecule has 0 aliphatic rings. The first-order valence-electron chi connectivity index (χ1n) is 6.99. The fraction of sp³-hybridized carbons (Fsp3) is 0.0625. The normalized spacial score (nSPS) is 10.9. The fourth-order valence-corrected chi connectivity index (χ4v) is 3.04. The fourth-order valence-electron chi connectivity index (χ4n) is 2.24. The molecule has 0 spiro atoms. The van der Waals surface area contributed by atoms with Crippen molar-refractivity contribution < 1.29 is 4.52 Å². The second-order valence-electron chi connectivity index (χ2n) is 4.92. The lowest BCUT2D eigenvalue weighted by atomic mass is 10.2. The van der Waals surface area contributed by atoms with E-state index in [1.807, 2.05) is 59.5 Å². The van der Waals surface area contributed by atoms with E-state index >= 15 is 0 Å². The molecule has 0 bridgehead atoms. The number of para-hydroxylation sites is 1. The van der Waals surface area contributed by atoms with Crippen LogP contribution < -0.4 is 9.83 Å². The van der Waals surface area contributed by atoms with Gasteiger partial charge in [0.2, 0.25) is 11.5 Å². The number of hydrogen-bond acceptors (Lipinski definition) is 4. The minimum absolute atomic E-state index is 0.748. The van der Waals surface area contributed by atoms with Crippen LogP contribution in [-0.4, -0.2) is 14.9 Å². The summed E-state index contributed by atoms with van der Waals surface area (Å²) in [6, 6.07) is 20.3. The van der Waals surface area contributed by atoms with Crippen molar-refractivity contribution >= 4 is 27.1 Å². The van der Waals surface area contributed by atoms with E-state index in [0.29, 0.717) is 0 Å². The highest BCUT2D eigenvalue weighted by molar-refractivity contribution is 7.19. The van der Waals surface area contributed by atoms with Crippen LogP contribution in [0.25, 0.3) is 4.96 Å². The molecule has 0 atom stereocenters. The smallest absolute Gasteiger partial charge is 0.329 e. The number of benzene rings is 2. The van der Waals surface area contributed by atoms with Gasteiger partial charge in [0.05, 0.1) is 5.10 Å². The molecule has 0 aliphatic heterocycles. The summed E-state index contributed by atoms with van der Waals surface area (Å²) in [4.78, 5) is 0.870. The number of anilines is 2. The van der Waals surface area contributed by atoms with Gasteiger partial charge in [0.15, 0.2) is 0 Å². The van der Waals surface area contributed by atoms with Crippen molar-refractivity contribution in [1.82, 2.24) is 14.9 Å². The van der Waals surface area contributed by atoms with Gasteiger partial charge in [-0.25, -0.2) is 0 Å². The van der Waals surface area contributed by atoms with Crippen LogP contribution >= 0.6 is 11.3 Å². The molecule has 22 heavy (non-hydrogen) atoms. The van der Waals surface area contributed by atoms with Gasteiger partial charge >= 0.3 is 4.96 Å². The summed E-state index contributed by atoms with van der Waals surface area (Å²) in [5.74, 6) is 0. The molecule has 108 valence electrons. The third kappa shape index (κ3) is 2.68. The SMILES string of the molecule is c1ccc(Cn2c[n+]3nc(Nc4ccccc4)sc3n2)cc1. The van der Waals surface area contributed by atoms with Crippen molar-refractivity contribution in [2.24, 2.45) is 0 Å². The third-order valence-corrected chi connectivity index (χ3v) is 4.08. The average molecular weight is 308 g/mol. The Labute approximate surface area is 131 Å². The van der Waals surface area contributed by atoms with Crippen LogP contribution in [0.5, 0.6) is 0 Å². The van der Waals surface area contributed by atoms with Crippen molar-refractivity contribution in [3.63, 3.8) is 0 Å². The molecule has 0 fully saturated rings. The molecule has 0 unspecified atom stereocenters. The number of fused-ring (bicyclic) bond motifs is 1. The molecular weight excluding hydrogens is 294 g/mol. The molecule has 1 N–H and O–H groups in total. The van der Waals surface area contributed by atoms with E-state index in [2.05, 4.69) is 27.6 Å². The molecule has 0 saturated carbocycles. The number of hydrogen-bond donors (Lipinski definition) is 1.